The fourth-order valence-corrected chi connectivity index (χ4v) is 4.80. The molecule has 0 rings (SSSR count). The van der Waals surface area contributed by atoms with Crippen LogP contribution in [-0.2, 0) is 9.53 Å². The van der Waals surface area contributed by atoms with Crippen molar-refractivity contribution in [3.05, 3.63) is 0 Å². The standard InChI is InChI=1S/C19H37Cl3O2Si/c1-19(23)24-17-15-13-11-9-7-5-3-2-4-6-8-10-12-14-16-18-25(20,21)22/h2-18H2,1H3. The van der Waals surface area contributed by atoms with E-state index in [0.29, 0.717) is 6.61 Å². The molecule has 2 nitrogen and oxygen atoms in total. The third kappa shape index (κ3) is 24.6. The van der Waals surface area contributed by atoms with Crippen molar-refractivity contribution < 1.29 is 9.53 Å². The van der Waals surface area contributed by atoms with Gasteiger partial charge < -0.3 is 4.74 Å². The highest BCUT2D eigenvalue weighted by Crippen LogP contribution is 2.27. The van der Waals surface area contributed by atoms with Crippen molar-refractivity contribution in [2.75, 3.05) is 6.61 Å². The molecular weight excluding hydrogens is 395 g/mol. The molecular formula is C19H37Cl3O2Si. The predicted molar refractivity (Wildman–Crippen MR) is 114 cm³/mol. The molecule has 0 heterocycles. The number of halogens is 3. The number of rotatable bonds is 18. The van der Waals surface area contributed by atoms with Gasteiger partial charge in [-0.25, -0.2) is 0 Å². The van der Waals surface area contributed by atoms with E-state index < -0.39 is 6.00 Å². The highest BCUT2D eigenvalue weighted by Gasteiger charge is 2.23. The molecule has 0 aliphatic rings. The van der Waals surface area contributed by atoms with Crippen LogP contribution < -0.4 is 0 Å². The molecule has 0 aromatic heterocycles. The third-order valence-electron chi connectivity index (χ3n) is 4.41. The van der Waals surface area contributed by atoms with Crippen molar-refractivity contribution in [3.63, 3.8) is 0 Å². The number of hydrogen-bond acceptors (Lipinski definition) is 2. The van der Waals surface area contributed by atoms with Gasteiger partial charge in [0, 0.05) is 6.92 Å². The van der Waals surface area contributed by atoms with Gasteiger partial charge in [-0.3, -0.25) is 4.79 Å². The van der Waals surface area contributed by atoms with Crippen LogP contribution in [0, 0.1) is 0 Å². The lowest BCUT2D eigenvalue weighted by atomic mass is 10.0. The third-order valence-corrected chi connectivity index (χ3v) is 7.03. The van der Waals surface area contributed by atoms with E-state index in [2.05, 4.69) is 0 Å². The fraction of sp³-hybridized carbons (Fsp3) is 0.947. The maximum atomic E-state index is 10.6. The molecule has 0 aromatic carbocycles. The van der Waals surface area contributed by atoms with Crippen molar-refractivity contribution >= 4 is 45.2 Å². The van der Waals surface area contributed by atoms with Gasteiger partial charge in [-0.1, -0.05) is 89.9 Å². The summed E-state index contributed by atoms with van der Waals surface area (Å²) in [7, 11) is 0. The van der Waals surface area contributed by atoms with Crippen LogP contribution in [-0.4, -0.2) is 18.6 Å². The lowest BCUT2D eigenvalue weighted by molar-refractivity contribution is -0.141. The zero-order valence-corrected chi connectivity index (χ0v) is 19.2. The number of hydrogen-bond donors (Lipinski definition) is 0. The SMILES string of the molecule is CC(=O)OCCCCCCCCCCCCCCCCC[Si](Cl)(Cl)Cl. The predicted octanol–water partition coefficient (Wildman–Crippen LogP) is 8.06. The molecule has 0 N–H and O–H groups in total. The number of carbonyl (C=O) groups excluding carboxylic acids is 1. The van der Waals surface area contributed by atoms with Crippen LogP contribution in [0.2, 0.25) is 6.04 Å². The summed E-state index contributed by atoms with van der Waals surface area (Å²) in [6.45, 7) is 2.06. The number of carbonyl (C=O) groups is 1. The van der Waals surface area contributed by atoms with Crippen molar-refractivity contribution in [2.24, 2.45) is 0 Å². The van der Waals surface area contributed by atoms with Crippen LogP contribution in [0.15, 0.2) is 0 Å². The normalized spacial score (nSPS) is 11.7. The molecule has 25 heavy (non-hydrogen) atoms. The zero-order chi connectivity index (χ0) is 18.8. The molecule has 150 valence electrons. The second kappa shape index (κ2) is 17.9. The van der Waals surface area contributed by atoms with Crippen LogP contribution >= 0.6 is 33.2 Å². The van der Waals surface area contributed by atoms with Gasteiger partial charge in [0.1, 0.15) is 0 Å². The number of unbranched alkanes of at least 4 members (excludes halogenated alkanes) is 14. The molecule has 0 radical (unpaired) electrons. The van der Waals surface area contributed by atoms with Crippen molar-refractivity contribution in [3.8, 4) is 0 Å². The monoisotopic (exact) mass is 430 g/mol. The first-order valence-electron chi connectivity index (χ1n) is 10.1. The van der Waals surface area contributed by atoms with Crippen molar-refractivity contribution in [2.45, 2.75) is 109 Å². The van der Waals surface area contributed by atoms with Gasteiger partial charge in [0.2, 0.25) is 0 Å². The minimum atomic E-state index is -2.37. The van der Waals surface area contributed by atoms with Gasteiger partial charge in [-0.15, -0.1) is 33.2 Å². The molecule has 0 saturated heterocycles. The molecule has 0 saturated carbocycles. The quantitative estimate of drug-likeness (QED) is 0.0949. The first kappa shape index (κ1) is 25.6. The van der Waals surface area contributed by atoms with E-state index >= 15 is 0 Å². The van der Waals surface area contributed by atoms with Gasteiger partial charge in [0.25, 0.3) is 0 Å². The van der Waals surface area contributed by atoms with Gasteiger partial charge in [-0.2, -0.15) is 0 Å². The Labute approximate surface area is 170 Å². The minimum absolute atomic E-state index is 0.165. The van der Waals surface area contributed by atoms with Crippen LogP contribution in [0.1, 0.15) is 103 Å². The Hall–Kier alpha value is 0.557. The van der Waals surface area contributed by atoms with E-state index in [1.165, 1.54) is 90.4 Å². The summed E-state index contributed by atoms with van der Waals surface area (Å²) in [4.78, 5) is 10.6. The molecule has 0 aromatic rings. The van der Waals surface area contributed by atoms with Gasteiger partial charge in [-0.05, 0) is 12.5 Å². The lowest BCUT2D eigenvalue weighted by Crippen LogP contribution is -2.07. The topological polar surface area (TPSA) is 26.3 Å². The van der Waals surface area contributed by atoms with Gasteiger partial charge in [0.05, 0.1) is 6.61 Å². The summed E-state index contributed by atoms with van der Waals surface area (Å²) >= 11 is 17.6. The summed E-state index contributed by atoms with van der Waals surface area (Å²) in [6.07, 6.45) is 19.2. The van der Waals surface area contributed by atoms with Crippen molar-refractivity contribution in [1.29, 1.82) is 0 Å². The Morgan fingerprint density at radius 2 is 0.960 bits per heavy atom. The molecule has 0 fully saturated rings. The largest absolute Gasteiger partial charge is 0.466 e. The number of esters is 1. The zero-order valence-electron chi connectivity index (χ0n) is 16.0. The van der Waals surface area contributed by atoms with E-state index in [1.807, 2.05) is 0 Å². The van der Waals surface area contributed by atoms with Crippen LogP contribution in [0.5, 0.6) is 0 Å². The summed E-state index contributed by atoms with van der Waals surface area (Å²) in [5, 5.41) is 0. The van der Waals surface area contributed by atoms with Gasteiger partial charge in [0.15, 0.2) is 0 Å². The maximum Gasteiger partial charge on any atom is 0.341 e. The van der Waals surface area contributed by atoms with E-state index in [4.69, 9.17) is 38.0 Å². The molecule has 6 heteroatoms. The highest BCUT2D eigenvalue weighted by molar-refractivity contribution is 7.64. The summed E-state index contributed by atoms with van der Waals surface area (Å²) in [5.41, 5.74) is 0. The summed E-state index contributed by atoms with van der Waals surface area (Å²) < 4.78 is 4.92. The second-order valence-electron chi connectivity index (χ2n) is 7.01. The first-order chi connectivity index (χ1) is 11.9. The second-order valence-corrected chi connectivity index (χ2v) is 16.3. The Morgan fingerprint density at radius 1 is 0.640 bits per heavy atom. The Balaban J connectivity index is 3.04. The van der Waals surface area contributed by atoms with E-state index in [0.717, 1.165) is 18.9 Å². The smallest absolute Gasteiger partial charge is 0.341 e. The average molecular weight is 432 g/mol. The summed E-state index contributed by atoms with van der Waals surface area (Å²) in [5.74, 6) is -0.165. The number of ether oxygens (including phenoxy) is 1. The van der Waals surface area contributed by atoms with E-state index in [-0.39, 0.29) is 5.97 Å². The molecule has 0 aliphatic heterocycles. The molecule has 0 unspecified atom stereocenters. The van der Waals surface area contributed by atoms with E-state index in [9.17, 15) is 4.79 Å². The van der Waals surface area contributed by atoms with Crippen LogP contribution in [0.25, 0.3) is 0 Å². The molecule has 0 aliphatic carbocycles. The van der Waals surface area contributed by atoms with Gasteiger partial charge >= 0.3 is 12.0 Å². The average Bonchev–Trinajstić information content (AvgIpc) is 2.52. The molecule has 0 amide bonds. The molecule has 0 spiro atoms. The van der Waals surface area contributed by atoms with Crippen LogP contribution in [0.4, 0.5) is 0 Å². The Bertz CT molecular complexity index is 310. The maximum absolute atomic E-state index is 10.6. The fourth-order valence-electron chi connectivity index (χ4n) is 2.94. The molecule has 0 bridgehead atoms. The Kier molecular flexibility index (Phi) is 18.3. The minimum Gasteiger partial charge on any atom is -0.466 e. The summed E-state index contributed by atoms with van der Waals surface area (Å²) in [6, 6.07) is -1.56. The van der Waals surface area contributed by atoms with Crippen molar-refractivity contribution in [1.82, 2.24) is 0 Å². The highest BCUT2D eigenvalue weighted by atomic mass is 35.8. The van der Waals surface area contributed by atoms with E-state index in [1.54, 1.807) is 0 Å². The lowest BCUT2D eigenvalue weighted by Gasteiger charge is -2.07. The Morgan fingerprint density at radius 3 is 1.28 bits per heavy atom. The first-order valence-corrected chi connectivity index (χ1v) is 15.4. The van der Waals surface area contributed by atoms with Crippen LogP contribution in [0.3, 0.4) is 0 Å². The molecule has 0 atom stereocenters.